The lowest BCUT2D eigenvalue weighted by Gasteiger charge is -2.27. The van der Waals surface area contributed by atoms with Gasteiger partial charge >= 0.3 is 0 Å². The Morgan fingerprint density at radius 3 is 2.72 bits per heavy atom. The first-order valence-corrected chi connectivity index (χ1v) is 13.4. The third kappa shape index (κ3) is 5.54. The molecule has 1 aliphatic rings. The quantitative estimate of drug-likeness (QED) is 0.230. The number of hydrogen-bond donors (Lipinski definition) is 2. The number of pyridine rings is 1. The van der Waals surface area contributed by atoms with Crippen LogP contribution in [0.15, 0.2) is 81.8 Å². The molecule has 2 atom stereocenters. The number of hydrogen-bond acceptors (Lipinski definition) is 6. The molecule has 2 aromatic heterocycles. The Morgan fingerprint density at radius 2 is 2.00 bits per heavy atom. The Morgan fingerprint density at radius 1 is 1.15 bits per heavy atom. The van der Waals surface area contributed by atoms with E-state index >= 15 is 0 Å². The SMILES string of the molecule is COCC(=O)Nc1cc(N2C(=S)NC(c3ccccn3)C2c2ccc(-c3ccc(C)cc3Br)o2)ccc1OC. The molecule has 5 rings (SSSR count). The van der Waals surface area contributed by atoms with Gasteiger partial charge in [-0.2, -0.15) is 0 Å². The lowest BCUT2D eigenvalue weighted by molar-refractivity contribution is -0.119. The maximum absolute atomic E-state index is 12.3. The third-order valence-corrected chi connectivity index (χ3v) is 7.39. The van der Waals surface area contributed by atoms with E-state index in [-0.39, 0.29) is 24.6 Å². The van der Waals surface area contributed by atoms with Gasteiger partial charge in [-0.3, -0.25) is 9.78 Å². The summed E-state index contributed by atoms with van der Waals surface area (Å²) in [6, 6.07) is 20.7. The van der Waals surface area contributed by atoms with E-state index in [0.29, 0.717) is 22.3 Å². The number of rotatable bonds is 8. The molecule has 10 heteroatoms. The number of benzene rings is 2. The normalized spacial score (nSPS) is 16.7. The van der Waals surface area contributed by atoms with Crippen LogP contribution in [0.5, 0.6) is 5.75 Å². The van der Waals surface area contributed by atoms with Crippen molar-refractivity contribution < 1.29 is 18.7 Å². The van der Waals surface area contributed by atoms with Gasteiger partial charge in [0.25, 0.3) is 0 Å². The zero-order valence-corrected chi connectivity index (χ0v) is 24.0. The number of nitrogens with one attached hydrogen (secondary N) is 2. The van der Waals surface area contributed by atoms with Crippen LogP contribution in [0.3, 0.4) is 0 Å². The molecule has 0 spiro atoms. The summed E-state index contributed by atoms with van der Waals surface area (Å²) in [5.41, 5.74) is 4.18. The number of furan rings is 1. The number of carbonyl (C=O) groups excluding carboxylic acids is 1. The first-order chi connectivity index (χ1) is 18.9. The number of ether oxygens (including phenoxy) is 2. The summed E-state index contributed by atoms with van der Waals surface area (Å²) in [7, 11) is 3.02. The fraction of sp³-hybridized carbons (Fsp3) is 0.207. The van der Waals surface area contributed by atoms with Crippen molar-refractivity contribution >= 4 is 50.5 Å². The van der Waals surface area contributed by atoms with E-state index in [1.807, 2.05) is 66.4 Å². The fourth-order valence-corrected chi connectivity index (χ4v) is 5.69. The lowest BCUT2D eigenvalue weighted by atomic mass is 10.0. The second kappa shape index (κ2) is 11.6. The van der Waals surface area contributed by atoms with Crippen LogP contribution in [-0.4, -0.2) is 36.8 Å². The van der Waals surface area contributed by atoms with E-state index in [9.17, 15) is 4.79 Å². The molecule has 1 fully saturated rings. The van der Waals surface area contributed by atoms with Crippen molar-refractivity contribution in [3.8, 4) is 17.1 Å². The molecule has 200 valence electrons. The molecule has 39 heavy (non-hydrogen) atoms. The average molecular weight is 608 g/mol. The largest absolute Gasteiger partial charge is 0.495 e. The maximum Gasteiger partial charge on any atom is 0.250 e. The Labute approximate surface area is 240 Å². The minimum absolute atomic E-state index is 0.0782. The van der Waals surface area contributed by atoms with E-state index in [1.54, 1.807) is 19.4 Å². The Hall–Kier alpha value is -3.73. The van der Waals surface area contributed by atoms with Crippen LogP contribution < -0.4 is 20.3 Å². The highest BCUT2D eigenvalue weighted by Crippen LogP contribution is 2.44. The van der Waals surface area contributed by atoms with E-state index in [1.165, 1.54) is 7.11 Å². The van der Waals surface area contributed by atoms with Gasteiger partial charge in [0, 0.05) is 29.0 Å². The van der Waals surface area contributed by atoms with Crippen molar-refractivity contribution in [2.45, 2.75) is 19.0 Å². The van der Waals surface area contributed by atoms with E-state index in [0.717, 1.165) is 32.7 Å². The second-order valence-electron chi connectivity index (χ2n) is 9.05. The predicted molar refractivity (Wildman–Crippen MR) is 158 cm³/mol. The van der Waals surface area contributed by atoms with Gasteiger partial charge in [0.05, 0.1) is 24.5 Å². The molecule has 8 nitrogen and oxygen atoms in total. The van der Waals surface area contributed by atoms with Crippen LogP contribution >= 0.6 is 28.1 Å². The van der Waals surface area contributed by atoms with Crippen LogP contribution in [0.25, 0.3) is 11.3 Å². The highest BCUT2D eigenvalue weighted by molar-refractivity contribution is 9.10. The zero-order chi connectivity index (χ0) is 27.5. The van der Waals surface area contributed by atoms with Crippen LogP contribution in [0, 0.1) is 6.92 Å². The first-order valence-electron chi connectivity index (χ1n) is 12.2. The van der Waals surface area contributed by atoms with Gasteiger partial charge < -0.3 is 29.4 Å². The number of aromatic nitrogens is 1. The average Bonchev–Trinajstić information content (AvgIpc) is 3.54. The number of amides is 1. The Kier molecular flexibility index (Phi) is 7.97. The van der Waals surface area contributed by atoms with E-state index in [4.69, 9.17) is 26.1 Å². The van der Waals surface area contributed by atoms with Gasteiger partial charge in [0.2, 0.25) is 5.91 Å². The summed E-state index contributed by atoms with van der Waals surface area (Å²) >= 11 is 9.51. The van der Waals surface area contributed by atoms with Crippen LogP contribution in [-0.2, 0) is 9.53 Å². The number of thiocarbonyl (C=S) groups is 1. The smallest absolute Gasteiger partial charge is 0.250 e. The third-order valence-electron chi connectivity index (χ3n) is 6.42. The Balaban J connectivity index is 1.59. The summed E-state index contributed by atoms with van der Waals surface area (Å²) in [5, 5.41) is 6.79. The van der Waals surface area contributed by atoms with Gasteiger partial charge in [-0.05, 0) is 79.3 Å². The minimum Gasteiger partial charge on any atom is -0.495 e. The molecule has 3 heterocycles. The van der Waals surface area contributed by atoms with E-state index < -0.39 is 0 Å². The summed E-state index contributed by atoms with van der Waals surface area (Å²) in [5.74, 6) is 1.67. The molecule has 0 bridgehead atoms. The van der Waals surface area contributed by atoms with E-state index in [2.05, 4.69) is 37.6 Å². The van der Waals surface area contributed by atoms with Gasteiger partial charge in [0.1, 0.15) is 29.9 Å². The van der Waals surface area contributed by atoms with Crippen molar-refractivity contribution in [1.82, 2.24) is 10.3 Å². The summed E-state index contributed by atoms with van der Waals surface area (Å²) in [6.45, 7) is 1.97. The maximum atomic E-state index is 12.3. The summed E-state index contributed by atoms with van der Waals surface area (Å²) in [6.07, 6.45) is 1.76. The van der Waals surface area contributed by atoms with Gasteiger partial charge in [-0.25, -0.2) is 0 Å². The molecule has 0 saturated carbocycles. The second-order valence-corrected chi connectivity index (χ2v) is 10.3. The molecule has 0 aliphatic carbocycles. The lowest BCUT2D eigenvalue weighted by Crippen LogP contribution is -2.29. The fourth-order valence-electron chi connectivity index (χ4n) is 4.66. The molecule has 4 aromatic rings. The number of nitrogens with zero attached hydrogens (tertiary/aromatic N) is 2. The molecule has 0 radical (unpaired) electrons. The van der Waals surface area contributed by atoms with Crippen molar-refractivity contribution in [3.63, 3.8) is 0 Å². The van der Waals surface area contributed by atoms with Gasteiger partial charge in [0.15, 0.2) is 5.11 Å². The van der Waals surface area contributed by atoms with Gasteiger partial charge in [-0.1, -0.05) is 28.1 Å². The first kappa shape index (κ1) is 26.9. The number of anilines is 2. The number of methoxy groups -OCH3 is 2. The van der Waals surface area contributed by atoms with Crippen molar-refractivity contribution in [1.29, 1.82) is 0 Å². The standard InChI is InChI=1S/C29H27BrN4O4S/c1-17-7-9-19(20(30)14-17)23-11-12-25(38-23)28-27(21-6-4-5-13-31-21)33-29(39)34(28)18-8-10-24(37-3)22(15-18)32-26(35)16-36-2/h4-15,27-28H,16H2,1-3H3,(H,32,35)(H,33,39). The molecule has 1 amide bonds. The monoisotopic (exact) mass is 606 g/mol. The van der Waals surface area contributed by atoms with Crippen LogP contribution in [0.1, 0.15) is 29.1 Å². The number of aryl methyl sites for hydroxylation is 1. The highest BCUT2D eigenvalue weighted by Gasteiger charge is 2.43. The van der Waals surface area contributed by atoms with Crippen molar-refractivity contribution in [2.75, 3.05) is 31.0 Å². The molecule has 1 aliphatic heterocycles. The topological polar surface area (TPSA) is 88.9 Å². The molecular formula is C29H27BrN4O4S. The van der Waals surface area contributed by atoms with Crippen molar-refractivity contribution in [2.24, 2.45) is 0 Å². The predicted octanol–water partition coefficient (Wildman–Crippen LogP) is 6.18. The minimum atomic E-state index is -0.360. The van der Waals surface area contributed by atoms with Crippen LogP contribution in [0.2, 0.25) is 0 Å². The molecule has 2 N–H and O–H groups in total. The number of carbonyl (C=O) groups is 1. The van der Waals surface area contributed by atoms with Crippen LogP contribution in [0.4, 0.5) is 11.4 Å². The summed E-state index contributed by atoms with van der Waals surface area (Å²) < 4.78 is 17.9. The summed E-state index contributed by atoms with van der Waals surface area (Å²) in [4.78, 5) is 18.9. The molecule has 2 aromatic carbocycles. The highest BCUT2D eigenvalue weighted by atomic mass is 79.9. The van der Waals surface area contributed by atoms with Crippen molar-refractivity contribution in [3.05, 3.63) is 94.4 Å². The molecule has 1 saturated heterocycles. The van der Waals surface area contributed by atoms with Gasteiger partial charge in [-0.15, -0.1) is 0 Å². The Bertz CT molecular complexity index is 1510. The zero-order valence-electron chi connectivity index (χ0n) is 21.6. The molecule has 2 unspecified atom stereocenters. The molecular weight excluding hydrogens is 580 g/mol. The number of halogens is 1.